The molecular formula is C26H25N3O2. The lowest BCUT2D eigenvalue weighted by Crippen LogP contribution is -2.14. The van der Waals surface area contributed by atoms with E-state index in [0.29, 0.717) is 17.4 Å². The Bertz CT molecular complexity index is 1110. The van der Waals surface area contributed by atoms with E-state index in [-0.39, 0.29) is 5.57 Å². The van der Waals surface area contributed by atoms with Gasteiger partial charge in [0.1, 0.15) is 23.1 Å². The molecule has 0 spiro atoms. The fraction of sp³-hybridized carbons (Fsp3) is 0.154. The van der Waals surface area contributed by atoms with Crippen molar-refractivity contribution >= 4 is 17.3 Å². The number of amides is 1. The molecule has 3 aromatic rings. The molecule has 31 heavy (non-hydrogen) atoms. The number of para-hydroxylation sites is 2. The summed E-state index contributed by atoms with van der Waals surface area (Å²) in [6, 6.07) is 24.4. The van der Waals surface area contributed by atoms with Gasteiger partial charge in [0, 0.05) is 17.6 Å². The van der Waals surface area contributed by atoms with Crippen molar-refractivity contribution in [2.45, 2.75) is 26.7 Å². The molecule has 3 aromatic carbocycles. The third kappa shape index (κ3) is 5.74. The van der Waals surface area contributed by atoms with Crippen molar-refractivity contribution in [1.82, 2.24) is 0 Å². The Labute approximate surface area is 183 Å². The quantitative estimate of drug-likeness (QED) is 0.350. The monoisotopic (exact) mass is 411 g/mol. The zero-order valence-corrected chi connectivity index (χ0v) is 17.8. The zero-order valence-electron chi connectivity index (χ0n) is 17.8. The molecule has 5 nitrogen and oxygen atoms in total. The van der Waals surface area contributed by atoms with Gasteiger partial charge in [0.05, 0.1) is 0 Å². The minimum absolute atomic E-state index is 0.0115. The van der Waals surface area contributed by atoms with Gasteiger partial charge < -0.3 is 15.4 Å². The van der Waals surface area contributed by atoms with E-state index in [0.717, 1.165) is 22.6 Å². The van der Waals surface area contributed by atoms with Crippen LogP contribution in [0.15, 0.2) is 84.6 Å². The molecule has 0 aliphatic carbocycles. The van der Waals surface area contributed by atoms with E-state index in [2.05, 4.69) is 24.5 Å². The Morgan fingerprint density at radius 3 is 2.29 bits per heavy atom. The fourth-order valence-corrected chi connectivity index (χ4v) is 3.09. The first kappa shape index (κ1) is 21.7. The fourth-order valence-electron chi connectivity index (χ4n) is 3.09. The summed E-state index contributed by atoms with van der Waals surface area (Å²) in [5, 5.41) is 15.4. The van der Waals surface area contributed by atoms with Gasteiger partial charge in [-0.1, -0.05) is 50.2 Å². The van der Waals surface area contributed by atoms with Gasteiger partial charge in [-0.05, 0) is 60.4 Å². The van der Waals surface area contributed by atoms with Crippen LogP contribution in [0.1, 0.15) is 30.9 Å². The second kappa shape index (κ2) is 10.1. The molecule has 0 heterocycles. The molecule has 2 N–H and O–H groups in total. The van der Waals surface area contributed by atoms with E-state index >= 15 is 0 Å². The molecule has 0 aliphatic rings. The lowest BCUT2D eigenvalue weighted by Gasteiger charge is -2.15. The van der Waals surface area contributed by atoms with Crippen LogP contribution in [0.5, 0.6) is 11.5 Å². The van der Waals surface area contributed by atoms with Gasteiger partial charge in [-0.2, -0.15) is 5.26 Å². The maximum absolute atomic E-state index is 12.6. The van der Waals surface area contributed by atoms with Crippen LogP contribution in [-0.2, 0) is 4.79 Å². The van der Waals surface area contributed by atoms with Crippen LogP contribution in [-0.4, -0.2) is 5.91 Å². The van der Waals surface area contributed by atoms with Gasteiger partial charge in [-0.25, -0.2) is 0 Å². The predicted molar refractivity (Wildman–Crippen MR) is 124 cm³/mol. The van der Waals surface area contributed by atoms with Gasteiger partial charge >= 0.3 is 0 Å². The first-order valence-corrected chi connectivity index (χ1v) is 10.1. The van der Waals surface area contributed by atoms with Gasteiger partial charge in [0.15, 0.2) is 0 Å². The average molecular weight is 412 g/mol. The normalized spacial score (nSPS) is 11.0. The van der Waals surface area contributed by atoms with Crippen LogP contribution in [0.4, 0.5) is 11.4 Å². The third-order valence-electron chi connectivity index (χ3n) is 4.74. The van der Waals surface area contributed by atoms with E-state index < -0.39 is 5.91 Å². The van der Waals surface area contributed by atoms with Crippen molar-refractivity contribution in [3.63, 3.8) is 0 Å². The number of aryl methyl sites for hydroxylation is 1. The molecule has 0 radical (unpaired) electrons. The molecule has 5 heteroatoms. The summed E-state index contributed by atoms with van der Waals surface area (Å²) in [5.74, 6) is 1.22. The summed E-state index contributed by atoms with van der Waals surface area (Å²) in [5.41, 5.74) is 3.66. The molecule has 0 unspecified atom stereocenters. The number of carbonyl (C=O) groups is 1. The Hall–Kier alpha value is -4.04. The highest BCUT2D eigenvalue weighted by Crippen LogP contribution is 2.28. The highest BCUT2D eigenvalue weighted by molar-refractivity contribution is 6.06. The molecule has 1 amide bonds. The molecule has 0 aromatic heterocycles. The molecule has 0 saturated carbocycles. The molecule has 0 bridgehead atoms. The SMILES string of the molecule is Cc1cccc(C(C)C)c1N/C=C(/C#N)C(=O)Nc1ccc(Oc2ccccc2)cc1. The Morgan fingerprint density at radius 2 is 1.65 bits per heavy atom. The summed E-state index contributed by atoms with van der Waals surface area (Å²) in [6.45, 7) is 6.20. The maximum Gasteiger partial charge on any atom is 0.267 e. The molecule has 3 rings (SSSR count). The number of nitrogens with zero attached hydrogens (tertiary/aromatic N) is 1. The summed E-state index contributed by atoms with van der Waals surface area (Å²) < 4.78 is 5.75. The van der Waals surface area contributed by atoms with Crippen molar-refractivity contribution in [3.8, 4) is 17.6 Å². The third-order valence-corrected chi connectivity index (χ3v) is 4.74. The van der Waals surface area contributed by atoms with E-state index in [4.69, 9.17) is 4.74 Å². The number of hydrogen-bond donors (Lipinski definition) is 2. The number of nitrogens with one attached hydrogen (secondary N) is 2. The number of ether oxygens (including phenoxy) is 1. The number of nitriles is 1. The highest BCUT2D eigenvalue weighted by Gasteiger charge is 2.12. The van der Waals surface area contributed by atoms with Gasteiger partial charge in [-0.3, -0.25) is 4.79 Å². The molecule has 0 aliphatic heterocycles. The molecule has 0 saturated heterocycles. The van der Waals surface area contributed by atoms with Crippen LogP contribution in [0.3, 0.4) is 0 Å². The van der Waals surface area contributed by atoms with Crippen molar-refractivity contribution in [3.05, 3.63) is 95.7 Å². The van der Waals surface area contributed by atoms with Gasteiger partial charge in [0.2, 0.25) is 0 Å². The van der Waals surface area contributed by atoms with Crippen molar-refractivity contribution in [2.75, 3.05) is 10.6 Å². The van der Waals surface area contributed by atoms with Crippen LogP contribution in [0.2, 0.25) is 0 Å². The van der Waals surface area contributed by atoms with Gasteiger partial charge in [0.25, 0.3) is 5.91 Å². The lowest BCUT2D eigenvalue weighted by atomic mass is 9.98. The summed E-state index contributed by atoms with van der Waals surface area (Å²) in [6.07, 6.45) is 1.45. The number of carbonyl (C=O) groups excluding carboxylic acids is 1. The predicted octanol–water partition coefficient (Wildman–Crippen LogP) is 6.37. The highest BCUT2D eigenvalue weighted by atomic mass is 16.5. The van der Waals surface area contributed by atoms with Crippen LogP contribution in [0.25, 0.3) is 0 Å². The van der Waals surface area contributed by atoms with Crippen molar-refractivity contribution in [1.29, 1.82) is 5.26 Å². The summed E-state index contributed by atoms with van der Waals surface area (Å²) in [4.78, 5) is 12.6. The minimum Gasteiger partial charge on any atom is -0.457 e. The standard InChI is InChI=1S/C26H25N3O2/c1-18(2)24-11-7-8-19(3)25(24)28-17-20(16-27)26(30)29-21-12-14-23(15-13-21)31-22-9-5-4-6-10-22/h4-15,17-18,28H,1-3H3,(H,29,30)/b20-17-. The lowest BCUT2D eigenvalue weighted by molar-refractivity contribution is -0.112. The van der Waals surface area contributed by atoms with E-state index in [1.165, 1.54) is 6.20 Å². The van der Waals surface area contributed by atoms with Gasteiger partial charge in [-0.15, -0.1) is 0 Å². The van der Waals surface area contributed by atoms with E-state index in [1.54, 1.807) is 24.3 Å². The Morgan fingerprint density at radius 1 is 0.968 bits per heavy atom. The first-order chi connectivity index (χ1) is 15.0. The summed E-state index contributed by atoms with van der Waals surface area (Å²) >= 11 is 0. The number of anilines is 2. The molecule has 0 fully saturated rings. The zero-order chi connectivity index (χ0) is 22.2. The van der Waals surface area contributed by atoms with E-state index in [1.807, 2.05) is 61.5 Å². The average Bonchev–Trinajstić information content (AvgIpc) is 2.77. The maximum atomic E-state index is 12.6. The second-order valence-corrected chi connectivity index (χ2v) is 7.40. The van der Waals surface area contributed by atoms with Crippen molar-refractivity contribution < 1.29 is 9.53 Å². The molecule has 0 atom stereocenters. The van der Waals surface area contributed by atoms with E-state index in [9.17, 15) is 10.1 Å². The Kier molecular flexibility index (Phi) is 7.08. The number of hydrogen-bond acceptors (Lipinski definition) is 4. The number of benzene rings is 3. The number of rotatable bonds is 7. The van der Waals surface area contributed by atoms with Crippen molar-refractivity contribution in [2.24, 2.45) is 0 Å². The smallest absolute Gasteiger partial charge is 0.267 e. The largest absolute Gasteiger partial charge is 0.457 e. The topological polar surface area (TPSA) is 74.2 Å². The molecule has 156 valence electrons. The molecular weight excluding hydrogens is 386 g/mol. The second-order valence-electron chi connectivity index (χ2n) is 7.40. The van der Waals surface area contributed by atoms with Crippen LogP contribution < -0.4 is 15.4 Å². The summed E-state index contributed by atoms with van der Waals surface area (Å²) in [7, 11) is 0. The minimum atomic E-state index is -0.480. The Balaban J connectivity index is 1.68. The van der Waals surface area contributed by atoms with Crippen LogP contribution in [0, 0.1) is 18.3 Å². The first-order valence-electron chi connectivity index (χ1n) is 10.1. The van der Waals surface area contributed by atoms with Crippen LogP contribution >= 0.6 is 0 Å².